The van der Waals surface area contributed by atoms with Gasteiger partial charge in [0.15, 0.2) is 21.6 Å². The lowest BCUT2D eigenvalue weighted by Gasteiger charge is -2.26. The second kappa shape index (κ2) is 22.2. The molecule has 74 heavy (non-hydrogen) atoms. The molecule has 1 aliphatic rings. The fourth-order valence-corrected chi connectivity index (χ4v) is 10.9. The number of carbonyl (C=O) groups is 3. The van der Waals surface area contributed by atoms with E-state index in [9.17, 15) is 31.2 Å². The van der Waals surface area contributed by atoms with E-state index in [1.54, 1.807) is 67.8 Å². The summed E-state index contributed by atoms with van der Waals surface area (Å²) in [5.41, 5.74) is 9.41. The summed E-state index contributed by atoms with van der Waals surface area (Å²) in [6, 6.07) is 41.0. The third-order valence-corrected chi connectivity index (χ3v) is 15.7. The molecule has 0 spiro atoms. The van der Waals surface area contributed by atoms with Crippen molar-refractivity contribution in [1.29, 1.82) is 0 Å². The Labute approximate surface area is 433 Å². The van der Waals surface area contributed by atoms with Gasteiger partial charge in [-0.2, -0.15) is 0 Å². The van der Waals surface area contributed by atoms with Gasteiger partial charge in [-0.25, -0.2) is 36.8 Å². The van der Waals surface area contributed by atoms with Crippen molar-refractivity contribution in [3.8, 4) is 16.9 Å². The number of benzene rings is 5. The number of rotatable bonds is 16. The Morgan fingerprint density at radius 2 is 1.49 bits per heavy atom. The zero-order valence-corrected chi connectivity index (χ0v) is 43.3. The molecule has 5 aromatic carbocycles. The maximum atomic E-state index is 12.9. The lowest BCUT2D eigenvalue weighted by Crippen LogP contribution is -2.35. The predicted octanol–water partition coefficient (Wildman–Crippen LogP) is 9.64. The molecule has 0 unspecified atom stereocenters. The van der Waals surface area contributed by atoms with E-state index in [1.807, 2.05) is 61.5 Å². The van der Waals surface area contributed by atoms with Crippen LogP contribution in [0.4, 0.5) is 16.5 Å². The predicted molar refractivity (Wildman–Crippen MR) is 284 cm³/mol. The number of carbonyl (C=O) groups excluding carboxylic acids is 3. The highest BCUT2D eigenvalue weighted by Crippen LogP contribution is 2.33. The summed E-state index contributed by atoms with van der Waals surface area (Å²) in [5.74, 6) is -0.149. The first-order valence-corrected chi connectivity index (χ1v) is 27.2. The molecule has 0 aliphatic carbocycles. The zero-order chi connectivity index (χ0) is 52.6. The van der Waals surface area contributed by atoms with Crippen LogP contribution in [0.3, 0.4) is 0 Å². The number of ether oxygens (including phenoxy) is 1. The van der Waals surface area contributed by atoms with Crippen molar-refractivity contribution < 1.29 is 40.4 Å². The molecule has 3 amide bonds. The maximum absolute atomic E-state index is 12.9. The first-order valence-electron chi connectivity index (χ1n) is 23.2. The van der Waals surface area contributed by atoms with Crippen LogP contribution in [-0.2, 0) is 51.8 Å². The second-order valence-corrected chi connectivity index (χ2v) is 22.1. The molecule has 378 valence electrons. The number of anilines is 3. The summed E-state index contributed by atoms with van der Waals surface area (Å²) in [6.45, 7) is 9.72. The Hall–Kier alpha value is -8.26. The molecule has 1 fully saturated rings. The number of hydrogen-bond donors (Lipinski definition) is 3. The first-order chi connectivity index (χ1) is 35.4. The number of aromatic nitrogens is 3. The summed E-state index contributed by atoms with van der Waals surface area (Å²) >= 11 is 1.19. The number of sulfonamides is 1. The molecule has 4 heterocycles. The molecule has 3 N–H and O–H groups in total. The number of hydrazine groups is 1. The van der Waals surface area contributed by atoms with Crippen molar-refractivity contribution in [3.63, 3.8) is 0 Å². The minimum absolute atomic E-state index is 0.0508. The van der Waals surface area contributed by atoms with E-state index < -0.39 is 31.7 Å². The minimum atomic E-state index is -3.76. The molecule has 0 radical (unpaired) electrons. The van der Waals surface area contributed by atoms with Crippen molar-refractivity contribution in [2.24, 2.45) is 0 Å². The van der Waals surface area contributed by atoms with Gasteiger partial charge in [-0.3, -0.25) is 24.5 Å². The van der Waals surface area contributed by atoms with Crippen molar-refractivity contribution in [3.05, 3.63) is 203 Å². The molecule has 1 aliphatic heterocycles. The Kier molecular flexibility index (Phi) is 15.7. The van der Waals surface area contributed by atoms with E-state index >= 15 is 0 Å². The largest absolute Gasteiger partial charge is 0.484 e. The summed E-state index contributed by atoms with van der Waals surface area (Å²) in [5, 5.41) is 5.90. The molecule has 3 aromatic heterocycles. The van der Waals surface area contributed by atoms with Crippen LogP contribution >= 0.6 is 11.3 Å². The molecule has 0 atom stereocenters. The highest BCUT2D eigenvalue weighted by Gasteiger charge is 2.35. The average molecular weight is 1050 g/mol. The van der Waals surface area contributed by atoms with E-state index in [0.717, 1.165) is 23.2 Å². The molecular formula is C55H51N7O9S3. The van der Waals surface area contributed by atoms with E-state index in [4.69, 9.17) is 9.15 Å². The topological polar surface area (TPSA) is 220 Å². The van der Waals surface area contributed by atoms with Gasteiger partial charge < -0.3 is 14.5 Å². The molecule has 16 nitrogen and oxygen atoms in total. The van der Waals surface area contributed by atoms with Gasteiger partial charge in [0.1, 0.15) is 22.9 Å². The van der Waals surface area contributed by atoms with Gasteiger partial charge >= 0.3 is 0 Å². The number of furan rings is 1. The van der Waals surface area contributed by atoms with Crippen LogP contribution in [0.5, 0.6) is 5.75 Å². The number of nitrogens with one attached hydrogen (secondary N) is 3. The maximum Gasteiger partial charge on any atom is 0.282 e. The monoisotopic (exact) mass is 1050 g/mol. The normalized spacial score (nSPS) is 13.3. The van der Waals surface area contributed by atoms with Crippen LogP contribution in [0.15, 0.2) is 177 Å². The lowest BCUT2D eigenvalue weighted by molar-refractivity contribution is -0.118. The Morgan fingerprint density at radius 3 is 2.14 bits per heavy atom. The van der Waals surface area contributed by atoms with Gasteiger partial charge in [0.25, 0.3) is 27.7 Å². The number of nitrogens with zero attached hydrogens (tertiary/aromatic N) is 4. The van der Waals surface area contributed by atoms with E-state index in [0.29, 0.717) is 45.5 Å². The Morgan fingerprint density at radius 1 is 0.811 bits per heavy atom. The van der Waals surface area contributed by atoms with Crippen molar-refractivity contribution in [2.45, 2.75) is 62.0 Å². The molecule has 19 heteroatoms. The van der Waals surface area contributed by atoms with Crippen molar-refractivity contribution in [2.75, 3.05) is 21.7 Å². The van der Waals surface area contributed by atoms with E-state index in [1.165, 1.54) is 64.7 Å². The van der Waals surface area contributed by atoms with E-state index in [-0.39, 0.29) is 44.2 Å². The first kappa shape index (κ1) is 52.1. The molecule has 0 saturated carbocycles. The minimum Gasteiger partial charge on any atom is -0.484 e. The standard InChI is InChI=1S/C30H31N3O4S.C25H20N4O5S2/c1-21-18-26(32-22(2)31-21)20-38(35,36)28-16-12-25(13-17-28)33-29(34)19-37-27-14-10-24(11-15-27)30(3,4)23-8-6-5-7-9-23;1-2-16-3-7-19(8-4-16)29-24(31)22(23(30)27-29)14-20-13-18(15-34-20)17-5-9-21(10-6-17)36(32,33)28-25-26-11-12-35-25/h5-18H,19-20H2,1-4H3,(H,33,34);3-15H,2H2,1H3,(H,26,28)(H,27,30)/b;22-14+. The van der Waals surface area contributed by atoms with Gasteiger partial charge in [-0.15, -0.1) is 11.3 Å². The van der Waals surface area contributed by atoms with Crippen molar-refractivity contribution in [1.82, 2.24) is 20.4 Å². The van der Waals surface area contributed by atoms with Crippen molar-refractivity contribution >= 4 is 71.5 Å². The molecule has 1 saturated heterocycles. The number of sulfone groups is 1. The van der Waals surface area contributed by atoms with E-state index in [2.05, 4.69) is 56.4 Å². The Bertz CT molecular complexity index is 3530. The summed E-state index contributed by atoms with van der Waals surface area (Å²) < 4.78 is 64.3. The molecular weight excluding hydrogens is 999 g/mol. The lowest BCUT2D eigenvalue weighted by atomic mass is 9.78. The third-order valence-electron chi connectivity index (χ3n) is 11.8. The summed E-state index contributed by atoms with van der Waals surface area (Å²) in [4.78, 5) is 50.3. The number of thiazole rings is 1. The fraction of sp³-hybridized carbons (Fsp3) is 0.164. The van der Waals surface area contributed by atoms with Gasteiger partial charge in [0.05, 0.1) is 33.2 Å². The van der Waals surface area contributed by atoms with Gasteiger partial charge in [0, 0.05) is 33.9 Å². The van der Waals surface area contributed by atoms with Crippen LogP contribution < -0.4 is 25.2 Å². The SMILES string of the molecule is CCc1ccc(N2NC(=O)/C(=C\c3cc(-c4ccc(S(=O)(=O)Nc5nccs5)cc4)co3)C2=O)cc1.Cc1cc(CS(=O)(=O)c2ccc(NC(=O)COc3ccc(C(C)(C)c4ccccc4)cc3)cc2)nc(C)n1. The fourth-order valence-electron chi connectivity index (χ4n) is 7.84. The van der Waals surface area contributed by atoms with Crippen LogP contribution in [-0.4, -0.2) is 56.1 Å². The van der Waals surface area contributed by atoms with Gasteiger partial charge in [-0.05, 0) is 121 Å². The average Bonchev–Trinajstić information content (AvgIpc) is 4.15. The number of aryl methyl sites for hydroxylation is 3. The highest BCUT2D eigenvalue weighted by atomic mass is 32.2. The van der Waals surface area contributed by atoms with Crippen LogP contribution in [0.1, 0.15) is 60.4 Å². The van der Waals surface area contributed by atoms with Crippen LogP contribution in [0.25, 0.3) is 17.2 Å². The number of amides is 3. The third kappa shape index (κ3) is 12.7. The molecule has 9 rings (SSSR count). The molecule has 8 aromatic rings. The van der Waals surface area contributed by atoms with Gasteiger partial charge in [0.2, 0.25) is 0 Å². The number of hydrogen-bond acceptors (Lipinski definition) is 13. The Balaban J connectivity index is 0.000000197. The summed E-state index contributed by atoms with van der Waals surface area (Å²) in [6.07, 6.45) is 5.25. The zero-order valence-electron chi connectivity index (χ0n) is 40.9. The van der Waals surface area contributed by atoms with Crippen LogP contribution in [0.2, 0.25) is 0 Å². The highest BCUT2D eigenvalue weighted by molar-refractivity contribution is 7.93. The van der Waals surface area contributed by atoms with Gasteiger partial charge in [-0.1, -0.05) is 87.5 Å². The quantitative estimate of drug-likeness (QED) is 0.0608. The van der Waals surface area contributed by atoms with Crippen LogP contribution in [0, 0.1) is 13.8 Å². The molecule has 0 bridgehead atoms. The smallest absolute Gasteiger partial charge is 0.282 e. The summed E-state index contributed by atoms with van der Waals surface area (Å²) in [7, 11) is -7.36. The second-order valence-electron chi connectivity index (χ2n) is 17.5.